The number of hydrogen-bond donors (Lipinski definition) is 1. The van der Waals surface area contributed by atoms with Crippen LogP contribution in [0.4, 0.5) is 0 Å². The molecule has 6 nitrogen and oxygen atoms in total. The molecule has 1 saturated heterocycles. The van der Waals surface area contributed by atoms with Gasteiger partial charge in [0.15, 0.2) is 0 Å². The Morgan fingerprint density at radius 1 is 1.32 bits per heavy atom. The lowest BCUT2D eigenvalue weighted by Gasteiger charge is -2.09. The number of carbonyl (C=O) groups excluding carboxylic acids is 1. The average Bonchev–Trinajstić information content (AvgIpc) is 3.23. The normalized spacial score (nSPS) is 17.5. The molecule has 0 aliphatic carbocycles. The van der Waals surface area contributed by atoms with Crippen molar-refractivity contribution in [2.24, 2.45) is 0 Å². The number of benzene rings is 1. The molecule has 6 heteroatoms. The monoisotopic (exact) mass is 301 g/mol. The first-order valence-electron chi connectivity index (χ1n) is 7.57. The zero-order valence-electron chi connectivity index (χ0n) is 12.3. The van der Waals surface area contributed by atoms with Crippen LogP contribution in [0.3, 0.4) is 0 Å². The third-order valence-electron chi connectivity index (χ3n) is 3.62. The summed E-state index contributed by atoms with van der Waals surface area (Å²) < 4.78 is 10.6. The van der Waals surface area contributed by atoms with Gasteiger partial charge in [0.1, 0.15) is 0 Å². The van der Waals surface area contributed by atoms with Crippen molar-refractivity contribution < 1.29 is 14.1 Å². The molecule has 1 amide bonds. The minimum atomic E-state index is -0.0186. The molecule has 3 rings (SSSR count). The minimum absolute atomic E-state index is 0.0186. The number of nitrogens with zero attached hydrogens (tertiary/aromatic N) is 2. The molecule has 1 aliphatic heterocycles. The van der Waals surface area contributed by atoms with Crippen molar-refractivity contribution in [3.05, 3.63) is 36.2 Å². The highest BCUT2D eigenvalue weighted by Crippen LogP contribution is 2.15. The Morgan fingerprint density at radius 3 is 2.95 bits per heavy atom. The largest absolute Gasteiger partial charge is 0.376 e. The second-order valence-corrected chi connectivity index (χ2v) is 5.32. The second kappa shape index (κ2) is 7.17. The van der Waals surface area contributed by atoms with E-state index in [0.717, 1.165) is 25.0 Å². The molecule has 116 valence electrons. The molecule has 2 heterocycles. The SMILES string of the molecule is O=C(CCc1nc(-c2ccccc2)no1)NC[C@H]1CCCO1. The van der Waals surface area contributed by atoms with E-state index < -0.39 is 0 Å². The molecule has 0 spiro atoms. The van der Waals surface area contributed by atoms with Gasteiger partial charge in [-0.2, -0.15) is 4.98 Å². The summed E-state index contributed by atoms with van der Waals surface area (Å²) in [6.07, 6.45) is 3.03. The molecule has 2 aromatic rings. The molecule has 1 aromatic carbocycles. The van der Waals surface area contributed by atoms with Gasteiger partial charge in [0, 0.05) is 31.6 Å². The third-order valence-corrected chi connectivity index (χ3v) is 3.62. The van der Waals surface area contributed by atoms with Crippen LogP contribution in [0.2, 0.25) is 0 Å². The number of aromatic nitrogens is 2. The predicted molar refractivity (Wildman–Crippen MR) is 80.0 cm³/mol. The van der Waals surface area contributed by atoms with E-state index in [1.54, 1.807) is 0 Å². The van der Waals surface area contributed by atoms with E-state index in [1.807, 2.05) is 30.3 Å². The van der Waals surface area contributed by atoms with Crippen LogP contribution < -0.4 is 5.32 Å². The fourth-order valence-electron chi connectivity index (χ4n) is 2.40. The predicted octanol–water partition coefficient (Wildman–Crippen LogP) is 1.96. The molecule has 1 fully saturated rings. The van der Waals surface area contributed by atoms with Crippen molar-refractivity contribution in [1.82, 2.24) is 15.5 Å². The van der Waals surface area contributed by atoms with Crippen LogP contribution >= 0.6 is 0 Å². The van der Waals surface area contributed by atoms with Gasteiger partial charge in [-0.25, -0.2) is 0 Å². The standard InChI is InChI=1S/C16H19N3O3/c20-14(17-11-13-7-4-10-21-13)8-9-15-18-16(19-22-15)12-5-2-1-3-6-12/h1-3,5-6,13H,4,7-11H2,(H,17,20)/t13-/m1/s1. The zero-order valence-corrected chi connectivity index (χ0v) is 12.3. The van der Waals surface area contributed by atoms with Crippen LogP contribution in [0, 0.1) is 0 Å². The second-order valence-electron chi connectivity index (χ2n) is 5.32. The van der Waals surface area contributed by atoms with Crippen LogP contribution in [0.15, 0.2) is 34.9 Å². The summed E-state index contributed by atoms with van der Waals surface area (Å²) in [6, 6.07) is 9.61. The molecule has 0 unspecified atom stereocenters. The van der Waals surface area contributed by atoms with E-state index in [4.69, 9.17) is 9.26 Å². The molecular formula is C16H19N3O3. The number of amides is 1. The first kappa shape index (κ1) is 14.7. The minimum Gasteiger partial charge on any atom is -0.376 e. The fraction of sp³-hybridized carbons (Fsp3) is 0.438. The maximum Gasteiger partial charge on any atom is 0.227 e. The van der Waals surface area contributed by atoms with E-state index in [9.17, 15) is 4.79 Å². The molecule has 1 aromatic heterocycles. The van der Waals surface area contributed by atoms with E-state index in [-0.39, 0.29) is 12.0 Å². The van der Waals surface area contributed by atoms with E-state index in [2.05, 4.69) is 15.5 Å². The lowest BCUT2D eigenvalue weighted by Crippen LogP contribution is -2.31. The zero-order chi connectivity index (χ0) is 15.2. The van der Waals surface area contributed by atoms with Crippen LogP contribution in [0.5, 0.6) is 0 Å². The van der Waals surface area contributed by atoms with Crippen molar-refractivity contribution >= 4 is 5.91 Å². The van der Waals surface area contributed by atoms with Gasteiger partial charge >= 0.3 is 0 Å². The fourth-order valence-corrected chi connectivity index (χ4v) is 2.40. The number of hydrogen-bond acceptors (Lipinski definition) is 5. The number of aryl methyl sites for hydroxylation is 1. The summed E-state index contributed by atoms with van der Waals surface area (Å²) in [6.45, 7) is 1.38. The number of carbonyl (C=O) groups is 1. The maximum absolute atomic E-state index is 11.8. The molecule has 0 bridgehead atoms. The first-order chi connectivity index (χ1) is 10.8. The van der Waals surface area contributed by atoms with Crippen molar-refractivity contribution in [2.75, 3.05) is 13.2 Å². The summed E-state index contributed by atoms with van der Waals surface area (Å²) in [5.74, 6) is 1.01. The Morgan fingerprint density at radius 2 is 2.18 bits per heavy atom. The highest BCUT2D eigenvalue weighted by molar-refractivity contribution is 5.76. The van der Waals surface area contributed by atoms with Gasteiger partial charge in [-0.15, -0.1) is 0 Å². The lowest BCUT2D eigenvalue weighted by molar-refractivity contribution is -0.121. The van der Waals surface area contributed by atoms with Gasteiger partial charge in [-0.1, -0.05) is 35.5 Å². The Kier molecular flexibility index (Phi) is 4.80. The number of rotatable bonds is 6. The summed E-state index contributed by atoms with van der Waals surface area (Å²) >= 11 is 0. The van der Waals surface area contributed by atoms with E-state index in [1.165, 1.54) is 0 Å². The first-order valence-corrected chi connectivity index (χ1v) is 7.57. The summed E-state index contributed by atoms with van der Waals surface area (Å²) in [5, 5.41) is 6.82. The molecule has 0 radical (unpaired) electrons. The number of ether oxygens (including phenoxy) is 1. The quantitative estimate of drug-likeness (QED) is 0.882. The van der Waals surface area contributed by atoms with E-state index >= 15 is 0 Å². The van der Waals surface area contributed by atoms with Crippen LogP contribution in [-0.2, 0) is 16.0 Å². The highest BCUT2D eigenvalue weighted by atomic mass is 16.5. The van der Waals surface area contributed by atoms with Crippen LogP contribution in [0.1, 0.15) is 25.2 Å². The maximum atomic E-state index is 11.8. The van der Waals surface area contributed by atoms with Gasteiger partial charge in [-0.3, -0.25) is 4.79 Å². The van der Waals surface area contributed by atoms with Gasteiger partial charge in [0.25, 0.3) is 0 Å². The van der Waals surface area contributed by atoms with Crippen LogP contribution in [-0.4, -0.2) is 35.3 Å². The molecule has 1 aliphatic rings. The van der Waals surface area contributed by atoms with Crippen molar-refractivity contribution in [2.45, 2.75) is 31.8 Å². The molecule has 1 N–H and O–H groups in total. The lowest BCUT2D eigenvalue weighted by atomic mass is 10.2. The van der Waals surface area contributed by atoms with Crippen molar-refractivity contribution in [1.29, 1.82) is 0 Å². The van der Waals surface area contributed by atoms with Crippen molar-refractivity contribution in [3.63, 3.8) is 0 Å². The molecule has 22 heavy (non-hydrogen) atoms. The summed E-state index contributed by atoms with van der Waals surface area (Å²) in [7, 11) is 0. The summed E-state index contributed by atoms with van der Waals surface area (Å²) in [4.78, 5) is 16.1. The molecule has 1 atom stereocenters. The highest BCUT2D eigenvalue weighted by Gasteiger charge is 2.16. The Labute approximate surface area is 128 Å². The van der Waals surface area contributed by atoms with Gasteiger partial charge in [-0.05, 0) is 12.8 Å². The van der Waals surface area contributed by atoms with Crippen molar-refractivity contribution in [3.8, 4) is 11.4 Å². The topological polar surface area (TPSA) is 77.2 Å². The summed E-state index contributed by atoms with van der Waals surface area (Å²) in [5.41, 5.74) is 0.903. The Hall–Kier alpha value is -2.21. The average molecular weight is 301 g/mol. The smallest absolute Gasteiger partial charge is 0.227 e. The van der Waals surface area contributed by atoms with Gasteiger partial charge in [0.05, 0.1) is 6.10 Å². The Bertz CT molecular complexity index is 606. The molecule has 0 saturated carbocycles. The Balaban J connectivity index is 1.45. The van der Waals surface area contributed by atoms with Crippen LogP contribution in [0.25, 0.3) is 11.4 Å². The van der Waals surface area contributed by atoms with Gasteiger partial charge < -0.3 is 14.6 Å². The van der Waals surface area contributed by atoms with Gasteiger partial charge in [0.2, 0.25) is 17.6 Å². The molecular weight excluding hydrogens is 282 g/mol. The third kappa shape index (κ3) is 3.92. The van der Waals surface area contributed by atoms with E-state index in [0.29, 0.717) is 31.1 Å². The number of nitrogens with one attached hydrogen (secondary N) is 1.